The molecular formula is C11H24N2. The zero-order valence-electron chi connectivity index (χ0n) is 9.27. The minimum atomic E-state index is 0.306. The fourth-order valence-electron chi connectivity index (χ4n) is 1.67. The SMILES string of the molecule is CCC1CC1NCC(C)(CC)CN. The van der Waals surface area contributed by atoms with E-state index in [1.807, 2.05) is 0 Å². The molecule has 2 nitrogen and oxygen atoms in total. The van der Waals surface area contributed by atoms with Gasteiger partial charge in [-0.3, -0.25) is 0 Å². The summed E-state index contributed by atoms with van der Waals surface area (Å²) in [5.74, 6) is 0.943. The van der Waals surface area contributed by atoms with E-state index in [0.717, 1.165) is 25.0 Å². The van der Waals surface area contributed by atoms with Gasteiger partial charge in [-0.05, 0) is 30.7 Å². The Morgan fingerprint density at radius 3 is 2.54 bits per heavy atom. The maximum Gasteiger partial charge on any atom is 0.00992 e. The molecule has 1 aliphatic rings. The molecule has 13 heavy (non-hydrogen) atoms. The number of rotatable bonds is 6. The molecule has 1 aliphatic carbocycles. The van der Waals surface area contributed by atoms with Crippen LogP contribution in [0, 0.1) is 11.3 Å². The van der Waals surface area contributed by atoms with Crippen LogP contribution in [0.25, 0.3) is 0 Å². The van der Waals surface area contributed by atoms with Crippen LogP contribution in [0.1, 0.15) is 40.0 Å². The van der Waals surface area contributed by atoms with Gasteiger partial charge in [0.15, 0.2) is 0 Å². The van der Waals surface area contributed by atoms with Crippen LogP contribution in [0.4, 0.5) is 0 Å². The standard InChI is InChI=1S/C11H24N2/c1-4-9-6-10(9)13-8-11(3,5-2)7-12/h9-10,13H,4-8,12H2,1-3H3. The number of nitrogens with two attached hydrogens (primary N) is 1. The van der Waals surface area contributed by atoms with Crippen molar-refractivity contribution in [2.24, 2.45) is 17.1 Å². The van der Waals surface area contributed by atoms with Crippen LogP contribution in [0.3, 0.4) is 0 Å². The van der Waals surface area contributed by atoms with Gasteiger partial charge in [0.1, 0.15) is 0 Å². The van der Waals surface area contributed by atoms with Crippen LogP contribution in [0.15, 0.2) is 0 Å². The van der Waals surface area contributed by atoms with Gasteiger partial charge in [0.05, 0.1) is 0 Å². The zero-order chi connectivity index (χ0) is 9.90. The summed E-state index contributed by atoms with van der Waals surface area (Å²) >= 11 is 0. The van der Waals surface area contributed by atoms with Crippen LogP contribution in [-0.2, 0) is 0 Å². The highest BCUT2D eigenvalue weighted by Gasteiger charge is 2.36. The van der Waals surface area contributed by atoms with E-state index < -0.39 is 0 Å². The predicted molar refractivity (Wildman–Crippen MR) is 57.6 cm³/mol. The normalized spacial score (nSPS) is 31.4. The Labute approximate surface area is 82.3 Å². The van der Waals surface area contributed by atoms with Crippen molar-refractivity contribution >= 4 is 0 Å². The summed E-state index contributed by atoms with van der Waals surface area (Å²) < 4.78 is 0. The molecular weight excluding hydrogens is 160 g/mol. The monoisotopic (exact) mass is 184 g/mol. The molecule has 0 aromatic heterocycles. The highest BCUT2D eigenvalue weighted by Crippen LogP contribution is 2.33. The van der Waals surface area contributed by atoms with Crippen molar-refractivity contribution < 1.29 is 0 Å². The Morgan fingerprint density at radius 2 is 2.15 bits per heavy atom. The molecule has 0 radical (unpaired) electrons. The molecule has 3 atom stereocenters. The van der Waals surface area contributed by atoms with Crippen molar-refractivity contribution in [3.63, 3.8) is 0 Å². The molecule has 1 saturated carbocycles. The number of hydrogen-bond donors (Lipinski definition) is 2. The van der Waals surface area contributed by atoms with E-state index >= 15 is 0 Å². The summed E-state index contributed by atoms with van der Waals surface area (Å²) in [6, 6.07) is 0.794. The lowest BCUT2D eigenvalue weighted by molar-refractivity contribution is 0.300. The van der Waals surface area contributed by atoms with E-state index in [1.165, 1.54) is 19.3 Å². The molecule has 1 rings (SSSR count). The molecule has 0 saturated heterocycles. The largest absolute Gasteiger partial charge is 0.330 e. The molecule has 78 valence electrons. The Hall–Kier alpha value is -0.0800. The van der Waals surface area contributed by atoms with Gasteiger partial charge in [0, 0.05) is 12.6 Å². The van der Waals surface area contributed by atoms with Gasteiger partial charge in [-0.15, -0.1) is 0 Å². The molecule has 1 fully saturated rings. The van der Waals surface area contributed by atoms with Gasteiger partial charge < -0.3 is 11.1 Å². The molecule has 3 N–H and O–H groups in total. The Morgan fingerprint density at radius 1 is 1.46 bits per heavy atom. The number of nitrogens with one attached hydrogen (secondary N) is 1. The van der Waals surface area contributed by atoms with Crippen LogP contribution >= 0.6 is 0 Å². The smallest absolute Gasteiger partial charge is 0.00992 e. The van der Waals surface area contributed by atoms with Gasteiger partial charge in [0.2, 0.25) is 0 Å². The first kappa shape index (κ1) is 11.0. The summed E-state index contributed by atoms with van der Waals surface area (Å²) in [4.78, 5) is 0. The quantitative estimate of drug-likeness (QED) is 0.660. The lowest BCUT2D eigenvalue weighted by Crippen LogP contribution is -2.38. The van der Waals surface area contributed by atoms with Crippen molar-refractivity contribution in [1.29, 1.82) is 0 Å². The second-order valence-electron chi connectivity index (χ2n) is 4.76. The first-order chi connectivity index (χ1) is 6.15. The van der Waals surface area contributed by atoms with Crippen molar-refractivity contribution in [1.82, 2.24) is 5.32 Å². The third kappa shape index (κ3) is 2.96. The first-order valence-corrected chi connectivity index (χ1v) is 5.58. The topological polar surface area (TPSA) is 38.0 Å². The second kappa shape index (κ2) is 4.43. The summed E-state index contributed by atoms with van der Waals surface area (Å²) in [6.45, 7) is 8.64. The molecule has 0 aromatic rings. The first-order valence-electron chi connectivity index (χ1n) is 5.58. The molecule has 0 amide bonds. The van der Waals surface area contributed by atoms with E-state index in [9.17, 15) is 0 Å². The minimum absolute atomic E-state index is 0.306. The highest BCUT2D eigenvalue weighted by atomic mass is 15.0. The summed E-state index contributed by atoms with van der Waals surface area (Å²) in [7, 11) is 0. The maximum absolute atomic E-state index is 5.75. The van der Waals surface area contributed by atoms with Crippen LogP contribution in [0.5, 0.6) is 0 Å². The average molecular weight is 184 g/mol. The van der Waals surface area contributed by atoms with E-state index in [0.29, 0.717) is 5.41 Å². The molecule has 3 unspecified atom stereocenters. The van der Waals surface area contributed by atoms with E-state index in [1.54, 1.807) is 0 Å². The predicted octanol–water partition coefficient (Wildman–Crippen LogP) is 1.75. The van der Waals surface area contributed by atoms with Crippen molar-refractivity contribution in [3.05, 3.63) is 0 Å². The average Bonchev–Trinajstić information content (AvgIpc) is 2.93. The van der Waals surface area contributed by atoms with Gasteiger partial charge >= 0.3 is 0 Å². The van der Waals surface area contributed by atoms with Crippen molar-refractivity contribution in [3.8, 4) is 0 Å². The van der Waals surface area contributed by atoms with Crippen molar-refractivity contribution in [2.45, 2.75) is 46.1 Å². The molecule has 2 heteroatoms. The molecule has 0 spiro atoms. The molecule has 0 bridgehead atoms. The van der Waals surface area contributed by atoms with E-state index in [4.69, 9.17) is 5.73 Å². The Balaban J connectivity index is 2.18. The fourth-order valence-corrected chi connectivity index (χ4v) is 1.67. The highest BCUT2D eigenvalue weighted by molar-refractivity contribution is 4.93. The molecule has 0 heterocycles. The molecule has 0 aromatic carbocycles. The minimum Gasteiger partial charge on any atom is -0.330 e. The summed E-state index contributed by atoms with van der Waals surface area (Å²) in [6.07, 6.45) is 3.87. The maximum atomic E-state index is 5.75. The number of hydrogen-bond acceptors (Lipinski definition) is 2. The van der Waals surface area contributed by atoms with Gasteiger partial charge in [-0.1, -0.05) is 27.2 Å². The third-order valence-corrected chi connectivity index (χ3v) is 3.58. The van der Waals surface area contributed by atoms with Crippen molar-refractivity contribution in [2.75, 3.05) is 13.1 Å². The Kier molecular flexibility index (Phi) is 3.74. The lowest BCUT2D eigenvalue weighted by Gasteiger charge is -2.26. The van der Waals surface area contributed by atoms with Crippen LogP contribution in [-0.4, -0.2) is 19.1 Å². The second-order valence-corrected chi connectivity index (χ2v) is 4.76. The lowest BCUT2D eigenvalue weighted by atomic mass is 9.88. The third-order valence-electron chi connectivity index (χ3n) is 3.58. The van der Waals surface area contributed by atoms with E-state index in [-0.39, 0.29) is 0 Å². The van der Waals surface area contributed by atoms with Crippen LogP contribution in [0.2, 0.25) is 0 Å². The van der Waals surface area contributed by atoms with Gasteiger partial charge in [-0.25, -0.2) is 0 Å². The van der Waals surface area contributed by atoms with Gasteiger partial charge in [-0.2, -0.15) is 0 Å². The van der Waals surface area contributed by atoms with Gasteiger partial charge in [0.25, 0.3) is 0 Å². The summed E-state index contributed by atoms with van der Waals surface area (Å²) in [5, 5.41) is 3.62. The Bertz CT molecular complexity index is 152. The molecule has 0 aliphatic heterocycles. The van der Waals surface area contributed by atoms with E-state index in [2.05, 4.69) is 26.1 Å². The van der Waals surface area contributed by atoms with Crippen LogP contribution < -0.4 is 11.1 Å². The summed E-state index contributed by atoms with van der Waals surface area (Å²) in [5.41, 5.74) is 6.06. The fraction of sp³-hybridized carbons (Fsp3) is 1.00. The zero-order valence-corrected chi connectivity index (χ0v) is 9.27.